The average molecular weight is 346 g/mol. The van der Waals surface area contributed by atoms with Crippen LogP contribution in [-0.2, 0) is 30.4 Å². The highest BCUT2D eigenvalue weighted by molar-refractivity contribution is 7.94. The zero-order valence-corrected chi connectivity index (χ0v) is 12.1. The molecular weight excluding hydrogens is 336 g/mol. The summed E-state index contributed by atoms with van der Waals surface area (Å²) in [4.78, 5) is -2.03. The summed E-state index contributed by atoms with van der Waals surface area (Å²) in [6.45, 7) is 3.04. The summed E-state index contributed by atoms with van der Waals surface area (Å²) in [6, 6.07) is 0. The molecule has 1 aliphatic rings. The van der Waals surface area contributed by atoms with Crippen molar-refractivity contribution in [2.45, 2.75) is 11.2 Å². The molecule has 9 nitrogen and oxygen atoms in total. The molecule has 114 valence electrons. The van der Waals surface area contributed by atoms with Gasteiger partial charge in [0.05, 0.1) is 9.81 Å². The second kappa shape index (κ2) is 4.75. The Hall–Kier alpha value is -1.05. The van der Waals surface area contributed by atoms with Crippen LogP contribution in [0.3, 0.4) is 0 Å². The van der Waals surface area contributed by atoms with E-state index < -0.39 is 51.3 Å². The Labute approximate surface area is 115 Å². The molecule has 1 atom stereocenters. The van der Waals surface area contributed by atoms with E-state index in [0.29, 0.717) is 18.2 Å². The summed E-state index contributed by atoms with van der Waals surface area (Å²) < 4.78 is 91.5. The number of rotatable bonds is 4. The lowest BCUT2D eigenvalue weighted by Gasteiger charge is -2.30. The van der Waals surface area contributed by atoms with Crippen molar-refractivity contribution in [3.05, 3.63) is 34.6 Å². The first-order chi connectivity index (χ1) is 8.75. The molecule has 1 unspecified atom stereocenters. The maximum atomic E-state index is 11.4. The van der Waals surface area contributed by atoms with Gasteiger partial charge in [0.25, 0.3) is 30.4 Å². The monoisotopic (exact) mass is 346 g/mol. The van der Waals surface area contributed by atoms with E-state index in [9.17, 15) is 29.8 Å². The summed E-state index contributed by atoms with van der Waals surface area (Å²) >= 11 is 0. The minimum atomic E-state index is -5.20. The van der Waals surface area contributed by atoms with Gasteiger partial charge in [-0.25, -0.2) is 0 Å². The number of hydrogen-bond acceptors (Lipinski definition) is 6. The summed E-state index contributed by atoms with van der Waals surface area (Å²) in [5.41, 5.74) is 0. The van der Waals surface area contributed by atoms with Gasteiger partial charge in [0, 0.05) is 6.42 Å². The number of allylic oxidation sites excluding steroid dienone is 3. The minimum Gasteiger partial charge on any atom is -0.285 e. The van der Waals surface area contributed by atoms with Gasteiger partial charge in [-0.2, -0.15) is 25.3 Å². The van der Waals surface area contributed by atoms with Gasteiger partial charge in [0.2, 0.25) is 0 Å². The van der Waals surface area contributed by atoms with Gasteiger partial charge in [0.1, 0.15) is 0 Å². The molecule has 0 radical (unpaired) electrons. The Bertz CT molecular complexity index is 810. The maximum absolute atomic E-state index is 11.4. The van der Waals surface area contributed by atoms with Crippen LogP contribution in [0.4, 0.5) is 0 Å². The van der Waals surface area contributed by atoms with Crippen LogP contribution in [0.25, 0.3) is 0 Å². The van der Waals surface area contributed by atoms with Gasteiger partial charge < -0.3 is 0 Å². The fraction of sp³-hybridized carbons (Fsp3) is 0.250. The molecule has 0 aromatic carbocycles. The van der Waals surface area contributed by atoms with Gasteiger partial charge in [-0.15, -0.1) is 6.58 Å². The molecule has 1 rings (SSSR count). The second-order valence-corrected chi connectivity index (χ2v) is 8.40. The van der Waals surface area contributed by atoms with Gasteiger partial charge in [-0.1, -0.05) is 6.08 Å². The van der Waals surface area contributed by atoms with E-state index in [4.69, 9.17) is 9.11 Å². The van der Waals surface area contributed by atoms with Crippen molar-refractivity contribution in [1.29, 1.82) is 0 Å². The predicted molar refractivity (Wildman–Crippen MR) is 68.4 cm³/mol. The fourth-order valence-corrected chi connectivity index (χ4v) is 4.77. The molecule has 0 amide bonds. The highest BCUT2D eigenvalue weighted by atomic mass is 32.2. The normalized spacial score (nSPS) is 24.8. The first-order valence-electron chi connectivity index (χ1n) is 4.72. The third kappa shape index (κ3) is 2.84. The topological polar surface area (TPSA) is 163 Å². The van der Waals surface area contributed by atoms with Crippen molar-refractivity contribution in [3.8, 4) is 0 Å². The molecule has 0 saturated heterocycles. The smallest absolute Gasteiger partial charge is 0.285 e. The van der Waals surface area contributed by atoms with Crippen LogP contribution in [0.15, 0.2) is 34.6 Å². The lowest BCUT2D eigenvalue weighted by atomic mass is 9.99. The quantitative estimate of drug-likeness (QED) is 0.460. The van der Waals surface area contributed by atoms with Crippen LogP contribution >= 0.6 is 0 Å². The third-order valence-electron chi connectivity index (χ3n) is 2.67. The Morgan fingerprint density at radius 1 is 1.00 bits per heavy atom. The lowest BCUT2D eigenvalue weighted by Crippen LogP contribution is -2.43. The van der Waals surface area contributed by atoms with Crippen LogP contribution < -0.4 is 0 Å². The highest BCUT2D eigenvalue weighted by Crippen LogP contribution is 2.40. The van der Waals surface area contributed by atoms with Crippen molar-refractivity contribution in [1.82, 2.24) is 0 Å². The Morgan fingerprint density at radius 3 is 1.80 bits per heavy atom. The van der Waals surface area contributed by atoms with Crippen molar-refractivity contribution >= 4 is 30.4 Å². The van der Waals surface area contributed by atoms with E-state index in [1.807, 2.05) is 0 Å². The van der Waals surface area contributed by atoms with E-state index in [2.05, 4.69) is 6.58 Å². The van der Waals surface area contributed by atoms with Crippen molar-refractivity contribution in [3.63, 3.8) is 0 Å². The van der Waals surface area contributed by atoms with Crippen LogP contribution in [-0.4, -0.2) is 43.7 Å². The Balaban J connectivity index is 3.81. The molecule has 0 spiro atoms. The first-order valence-corrected chi connectivity index (χ1v) is 9.04. The third-order valence-corrected chi connectivity index (χ3v) is 6.25. The predicted octanol–water partition coefficient (Wildman–Crippen LogP) is -0.254. The van der Waals surface area contributed by atoms with Crippen molar-refractivity contribution in [2.24, 2.45) is 0 Å². The SMILES string of the molecule is C=CC1(S(=O)(=O)O)CC(S(=O)(=O)O)=CC=C1S(=O)(=O)O. The van der Waals surface area contributed by atoms with Crippen LogP contribution in [0.1, 0.15) is 6.42 Å². The van der Waals surface area contributed by atoms with Gasteiger partial charge >= 0.3 is 0 Å². The first kappa shape index (κ1) is 17.0. The summed E-state index contributed by atoms with van der Waals surface area (Å²) in [5.74, 6) is 0. The highest BCUT2D eigenvalue weighted by Gasteiger charge is 2.51. The summed E-state index contributed by atoms with van der Waals surface area (Å²) in [7, 11) is -15.1. The standard InChI is InChI=1S/C8H10O9S3/c1-2-8(20(15,16)17)5-6(18(9,10)11)3-4-7(8)19(12,13)14/h2-4H,1,5H2,(H,9,10,11)(H,12,13,14)(H,15,16,17). The van der Waals surface area contributed by atoms with E-state index in [0.717, 1.165) is 0 Å². The van der Waals surface area contributed by atoms with Crippen molar-refractivity contribution in [2.75, 3.05) is 0 Å². The molecule has 0 bridgehead atoms. The molecule has 0 saturated carbocycles. The zero-order chi connectivity index (χ0) is 16.0. The van der Waals surface area contributed by atoms with Gasteiger partial charge in [0.15, 0.2) is 4.75 Å². The summed E-state index contributed by atoms with van der Waals surface area (Å²) in [5, 5.41) is 0. The van der Waals surface area contributed by atoms with E-state index in [1.165, 1.54) is 0 Å². The van der Waals surface area contributed by atoms with Gasteiger partial charge in [-0.3, -0.25) is 13.7 Å². The molecule has 0 aromatic heterocycles. The molecule has 1 aliphatic carbocycles. The van der Waals surface area contributed by atoms with Crippen LogP contribution in [0, 0.1) is 0 Å². The molecule has 12 heteroatoms. The van der Waals surface area contributed by atoms with Crippen LogP contribution in [0.5, 0.6) is 0 Å². The molecule has 0 fully saturated rings. The zero-order valence-electron chi connectivity index (χ0n) is 9.66. The lowest BCUT2D eigenvalue weighted by molar-refractivity contribution is 0.448. The van der Waals surface area contributed by atoms with E-state index in [-0.39, 0.29) is 0 Å². The second-order valence-electron chi connectivity index (χ2n) is 3.86. The fourth-order valence-electron chi connectivity index (χ4n) is 1.69. The molecule has 0 aliphatic heterocycles. The van der Waals surface area contributed by atoms with Gasteiger partial charge in [-0.05, 0) is 12.2 Å². The summed E-state index contributed by atoms with van der Waals surface area (Å²) in [6.07, 6.45) is 0.392. The van der Waals surface area contributed by atoms with Crippen LogP contribution in [0.2, 0.25) is 0 Å². The maximum Gasteiger partial charge on any atom is 0.292 e. The van der Waals surface area contributed by atoms with E-state index in [1.54, 1.807) is 0 Å². The van der Waals surface area contributed by atoms with Crippen molar-refractivity contribution < 1.29 is 38.9 Å². The molecule has 3 N–H and O–H groups in total. The van der Waals surface area contributed by atoms with E-state index >= 15 is 0 Å². The largest absolute Gasteiger partial charge is 0.292 e. The molecular formula is C8H10O9S3. The average Bonchev–Trinajstić information content (AvgIpc) is 2.24. The minimum absolute atomic E-state index is 0.456. The molecule has 0 aromatic rings. The molecule has 0 heterocycles. The Kier molecular flexibility index (Phi) is 4.04. The number of hydrogen-bond donors (Lipinski definition) is 3. The Morgan fingerprint density at radius 2 is 1.50 bits per heavy atom. The molecule has 20 heavy (non-hydrogen) atoms.